The number of hydrogen-bond donors (Lipinski definition) is 1. The van der Waals surface area contributed by atoms with Crippen LogP contribution < -0.4 is 14.9 Å². The first kappa shape index (κ1) is 27.3. The van der Waals surface area contributed by atoms with Crippen molar-refractivity contribution in [3.63, 3.8) is 0 Å². The third-order valence-electron chi connectivity index (χ3n) is 5.31. The van der Waals surface area contributed by atoms with Gasteiger partial charge in [0.1, 0.15) is 0 Å². The maximum Gasteiger partial charge on any atom is 0.269 e. The molecule has 0 fully saturated rings. The van der Waals surface area contributed by atoms with E-state index in [9.17, 15) is 23.3 Å². The molecule has 0 spiro atoms. The Bertz CT molecular complexity index is 1360. The smallest absolute Gasteiger partial charge is 0.269 e. The molecule has 0 unspecified atom stereocenters. The summed E-state index contributed by atoms with van der Waals surface area (Å²) in [5, 5.41) is 14.6. The summed E-state index contributed by atoms with van der Waals surface area (Å²) in [6, 6.07) is 19.1. The predicted molar refractivity (Wildman–Crippen MR) is 137 cm³/mol. The summed E-state index contributed by atoms with van der Waals surface area (Å²) in [6.07, 6.45) is 1.69. The molecule has 0 saturated carbocycles. The van der Waals surface area contributed by atoms with E-state index in [4.69, 9.17) is 9.47 Å². The van der Waals surface area contributed by atoms with Gasteiger partial charge in [0.05, 0.1) is 36.8 Å². The zero-order valence-electron chi connectivity index (χ0n) is 20.2. The largest absolute Gasteiger partial charge is 0.493 e. The van der Waals surface area contributed by atoms with Crippen LogP contribution in [0.4, 0.5) is 5.69 Å². The molecule has 3 rings (SSSR count). The number of hydrazone groups is 1. The van der Waals surface area contributed by atoms with Gasteiger partial charge in [0.15, 0.2) is 11.5 Å². The van der Waals surface area contributed by atoms with Gasteiger partial charge in [0.25, 0.3) is 11.6 Å². The Balaban J connectivity index is 1.77. The van der Waals surface area contributed by atoms with Crippen molar-refractivity contribution in [2.24, 2.45) is 5.10 Å². The van der Waals surface area contributed by atoms with Gasteiger partial charge in [-0.05, 0) is 41.8 Å². The Labute approximate surface area is 214 Å². The second kappa shape index (κ2) is 12.6. The lowest BCUT2D eigenvalue weighted by molar-refractivity contribution is -0.384. The van der Waals surface area contributed by atoms with Gasteiger partial charge in [-0.1, -0.05) is 30.3 Å². The molecular formula is C25H26N4O7S. The van der Waals surface area contributed by atoms with Gasteiger partial charge in [0.2, 0.25) is 10.0 Å². The van der Waals surface area contributed by atoms with E-state index in [0.717, 1.165) is 9.87 Å². The van der Waals surface area contributed by atoms with Crippen molar-refractivity contribution in [2.75, 3.05) is 27.3 Å². The monoisotopic (exact) mass is 526 g/mol. The molecule has 0 atom stereocenters. The molecule has 0 aliphatic rings. The second-order valence-corrected chi connectivity index (χ2v) is 9.67. The number of carbonyl (C=O) groups excluding carboxylic acids is 1. The van der Waals surface area contributed by atoms with Crippen LogP contribution >= 0.6 is 0 Å². The highest BCUT2D eigenvalue weighted by Gasteiger charge is 2.27. The topological polar surface area (TPSA) is 140 Å². The molecule has 37 heavy (non-hydrogen) atoms. The minimum atomic E-state index is -4.09. The standard InChI is InChI=1S/C25H26N4O7S/c1-35-23-13-12-22(16-24(23)36-2)37(33,34)28(15-14-19-6-4-3-5-7-19)18-25(30)27-26-17-20-8-10-21(11-9-20)29(31)32/h3-13,16-17H,14-15,18H2,1-2H3,(H,27,30)/b26-17-. The number of non-ortho nitro benzene ring substituents is 1. The first-order valence-corrected chi connectivity index (χ1v) is 12.5. The SMILES string of the molecule is COc1ccc(S(=O)(=O)N(CCc2ccccc2)CC(=O)N/N=C\c2ccc([N+](=O)[O-])cc2)cc1OC. The first-order chi connectivity index (χ1) is 17.7. The van der Waals surface area contributed by atoms with Crippen LogP contribution in [0.1, 0.15) is 11.1 Å². The van der Waals surface area contributed by atoms with Crippen molar-refractivity contribution >= 4 is 27.8 Å². The number of nitro groups is 1. The minimum absolute atomic E-state index is 0.0418. The highest BCUT2D eigenvalue weighted by molar-refractivity contribution is 7.89. The maximum atomic E-state index is 13.5. The molecule has 3 aromatic rings. The molecule has 1 amide bonds. The molecule has 11 nitrogen and oxygen atoms in total. The summed E-state index contributed by atoms with van der Waals surface area (Å²) in [5.41, 5.74) is 3.66. The lowest BCUT2D eigenvalue weighted by Crippen LogP contribution is -2.40. The Morgan fingerprint density at radius 1 is 1.03 bits per heavy atom. The Hall–Kier alpha value is -4.29. The molecule has 0 aliphatic carbocycles. The Morgan fingerprint density at radius 3 is 2.32 bits per heavy atom. The van der Waals surface area contributed by atoms with Crippen LogP contribution in [0.2, 0.25) is 0 Å². The van der Waals surface area contributed by atoms with Crippen molar-refractivity contribution in [3.8, 4) is 11.5 Å². The van der Waals surface area contributed by atoms with Crippen LogP contribution in [0.3, 0.4) is 0 Å². The third kappa shape index (κ3) is 7.35. The molecule has 0 bridgehead atoms. The zero-order valence-corrected chi connectivity index (χ0v) is 21.1. The van der Waals surface area contributed by atoms with Gasteiger partial charge in [-0.15, -0.1) is 0 Å². The number of sulfonamides is 1. The average molecular weight is 527 g/mol. The van der Waals surface area contributed by atoms with E-state index >= 15 is 0 Å². The summed E-state index contributed by atoms with van der Waals surface area (Å²) >= 11 is 0. The Kier molecular flexibility index (Phi) is 9.30. The van der Waals surface area contributed by atoms with Crippen LogP contribution in [-0.2, 0) is 21.2 Å². The lowest BCUT2D eigenvalue weighted by atomic mass is 10.1. The molecule has 12 heteroatoms. The molecule has 0 heterocycles. The number of rotatable bonds is 12. The van der Waals surface area contributed by atoms with E-state index in [2.05, 4.69) is 10.5 Å². The van der Waals surface area contributed by atoms with Crippen LogP contribution in [-0.4, -0.2) is 57.1 Å². The third-order valence-corrected chi connectivity index (χ3v) is 7.15. The number of nitrogens with zero attached hydrogens (tertiary/aromatic N) is 3. The lowest BCUT2D eigenvalue weighted by Gasteiger charge is -2.22. The second-order valence-electron chi connectivity index (χ2n) is 7.73. The number of benzene rings is 3. The van der Waals surface area contributed by atoms with E-state index < -0.39 is 27.4 Å². The molecule has 0 radical (unpaired) electrons. The van der Waals surface area contributed by atoms with Crippen LogP contribution in [0.15, 0.2) is 82.8 Å². The number of nitro benzene ring substituents is 1. The average Bonchev–Trinajstić information content (AvgIpc) is 2.91. The Morgan fingerprint density at radius 2 is 1.70 bits per heavy atom. The van der Waals surface area contributed by atoms with Gasteiger partial charge in [-0.3, -0.25) is 14.9 Å². The predicted octanol–water partition coefficient (Wildman–Crippen LogP) is 3.00. The molecular weight excluding hydrogens is 500 g/mol. The summed E-state index contributed by atoms with van der Waals surface area (Å²) in [7, 11) is -1.25. The number of methoxy groups -OCH3 is 2. The number of amides is 1. The zero-order chi connectivity index (χ0) is 26.8. The maximum absolute atomic E-state index is 13.5. The van der Waals surface area contributed by atoms with E-state index in [0.29, 0.717) is 17.7 Å². The summed E-state index contributed by atoms with van der Waals surface area (Å²) < 4.78 is 38.5. The molecule has 0 aromatic heterocycles. The van der Waals surface area contributed by atoms with E-state index in [1.807, 2.05) is 30.3 Å². The van der Waals surface area contributed by atoms with Crippen molar-refractivity contribution < 1.29 is 27.6 Å². The van der Waals surface area contributed by atoms with Crippen molar-refractivity contribution in [2.45, 2.75) is 11.3 Å². The first-order valence-electron chi connectivity index (χ1n) is 11.1. The van der Waals surface area contributed by atoms with Crippen LogP contribution in [0.25, 0.3) is 0 Å². The molecule has 0 aliphatic heterocycles. The number of nitrogens with one attached hydrogen (secondary N) is 1. The fraction of sp³-hybridized carbons (Fsp3) is 0.200. The summed E-state index contributed by atoms with van der Waals surface area (Å²) in [5.74, 6) is -0.0466. The fourth-order valence-electron chi connectivity index (χ4n) is 3.37. The highest BCUT2D eigenvalue weighted by atomic mass is 32.2. The van der Waals surface area contributed by atoms with Crippen molar-refractivity contribution in [3.05, 3.63) is 94.0 Å². The highest BCUT2D eigenvalue weighted by Crippen LogP contribution is 2.30. The van der Waals surface area contributed by atoms with Crippen molar-refractivity contribution in [1.29, 1.82) is 0 Å². The van der Waals surface area contributed by atoms with E-state index in [1.54, 1.807) is 0 Å². The van der Waals surface area contributed by atoms with E-state index in [-0.39, 0.29) is 22.9 Å². The normalized spacial score (nSPS) is 11.4. The molecule has 194 valence electrons. The number of hydrogen-bond acceptors (Lipinski definition) is 8. The summed E-state index contributed by atoms with van der Waals surface area (Å²) in [4.78, 5) is 22.8. The van der Waals surface area contributed by atoms with Crippen LogP contribution in [0.5, 0.6) is 11.5 Å². The van der Waals surface area contributed by atoms with Gasteiger partial charge in [0, 0.05) is 24.7 Å². The molecule has 3 aromatic carbocycles. The fourth-order valence-corrected chi connectivity index (χ4v) is 4.78. The quantitative estimate of drug-likeness (QED) is 0.217. The number of carbonyl (C=O) groups is 1. The van der Waals surface area contributed by atoms with Crippen LogP contribution in [0, 0.1) is 10.1 Å². The van der Waals surface area contributed by atoms with Gasteiger partial charge in [-0.2, -0.15) is 9.41 Å². The van der Waals surface area contributed by atoms with Gasteiger partial charge >= 0.3 is 0 Å². The van der Waals surface area contributed by atoms with Gasteiger partial charge < -0.3 is 9.47 Å². The van der Waals surface area contributed by atoms with Gasteiger partial charge in [-0.25, -0.2) is 13.8 Å². The minimum Gasteiger partial charge on any atom is -0.493 e. The summed E-state index contributed by atoms with van der Waals surface area (Å²) in [6.45, 7) is -0.443. The van der Waals surface area contributed by atoms with Crippen molar-refractivity contribution in [1.82, 2.24) is 9.73 Å². The molecule has 1 N–H and O–H groups in total. The molecule has 0 saturated heterocycles. The van der Waals surface area contributed by atoms with E-state index in [1.165, 1.54) is 62.9 Å². The number of ether oxygens (including phenoxy) is 2.